The van der Waals surface area contributed by atoms with E-state index in [9.17, 15) is 63.3 Å². The van der Waals surface area contributed by atoms with Crippen LogP contribution in [0.3, 0.4) is 0 Å². The van der Waals surface area contributed by atoms with E-state index in [-0.39, 0.29) is 108 Å². The number of β-amino-alcohol motifs (C(OH)–C–C–N with tert-alkyl or cyclic N) is 1. The maximum atomic E-state index is 15.0. The number of aliphatic imine (C=N–C) groups is 3. The molecule has 1 saturated carbocycles. The maximum absolute atomic E-state index is 15.0. The first-order chi connectivity index (χ1) is 43.9. The van der Waals surface area contributed by atoms with Crippen molar-refractivity contribution in [1.29, 1.82) is 0 Å². The van der Waals surface area contributed by atoms with Gasteiger partial charge in [0, 0.05) is 56.5 Å². The Bertz CT molecular complexity index is 3040. The zero-order valence-corrected chi connectivity index (χ0v) is 52.2. The number of thiophene rings is 1. The molecule has 8 amide bonds. The van der Waals surface area contributed by atoms with Crippen LogP contribution in [-0.4, -0.2) is 219 Å². The molecule has 4 fully saturated rings. The third-order valence-electron chi connectivity index (χ3n) is 17.4. The number of benzene rings is 1. The molecule has 2 unspecified atom stereocenters. The SMILES string of the molecule is NC(N)=NCCC[C@@H](N)C(=O)N[C@@H](CCCN=C(N)N)C(=O)N1CCC[C@H]1C(=O)N1CC(O)C[C@H]1C(=O)NCC(=O)N[C@@H](Cc1cccs1)C(=O)N[C@@H](CO)C(=O)N(C(=O)[C@@H]1C[C@@H]2CCCC[C@H]2N1)[C@@H](CCC(N=C(N)N)C(=O)[C@@H]1Cc2ccccc2CN1)C(=O)O. The number of amides is 8. The summed E-state index contributed by atoms with van der Waals surface area (Å²) in [5.74, 6) is -9.77. The second kappa shape index (κ2) is 33.8. The van der Waals surface area contributed by atoms with Gasteiger partial charge in [0.2, 0.25) is 41.4 Å². The molecule has 5 heterocycles. The van der Waals surface area contributed by atoms with Crippen molar-refractivity contribution in [1.82, 2.24) is 46.6 Å². The molecule has 92 heavy (non-hydrogen) atoms. The summed E-state index contributed by atoms with van der Waals surface area (Å²) < 4.78 is 0. The van der Waals surface area contributed by atoms with E-state index < -0.39 is 151 Å². The standard InChI is InChI=1S/C59H89N19O13S/c60-36(13-5-19-67-57(61)62)49(83)73-39(15-6-20-68-58(63)64)52(86)76-21-7-16-44(76)55(89)77-29-34(80)25-46(77)51(85)70-28-47(81)72-41(26-35-12-8-22-92-35)50(84)74-43(30-79)54(88)78(53(87)42-24-32-10-3-4-14-37(32)71-42)45(56(90)91)18-17-38(75-59(65)66)48(82)40-23-31-9-1-2-11-33(31)27-69-40/h1-2,8-9,11-12,22,32,34,36-46,69,71,79-80H,3-7,10,13-21,23-30,60H2,(H,70,85)(H,72,81)(H,73,83)(H,74,84)(H,90,91)(H4,61,62,67)(H4,63,64,68)(H4,65,66,75)/t32-,34?,36+,37+,38?,39-,40-,41-,42-,43-,44-,45-,46-/m0/s1. The molecule has 32 nitrogen and oxygen atoms in total. The van der Waals surface area contributed by atoms with Crippen molar-refractivity contribution in [3.63, 3.8) is 0 Å². The van der Waals surface area contributed by atoms with Gasteiger partial charge in [-0.1, -0.05) is 43.2 Å². The monoisotopic (exact) mass is 1300 g/mol. The average molecular weight is 1300 g/mol. The number of aliphatic carboxylic acids is 1. The Morgan fingerprint density at radius 1 is 0.739 bits per heavy atom. The Morgan fingerprint density at radius 2 is 1.43 bits per heavy atom. The summed E-state index contributed by atoms with van der Waals surface area (Å²) in [5, 5.41) is 51.0. The van der Waals surface area contributed by atoms with Crippen molar-refractivity contribution in [3.8, 4) is 0 Å². The number of imide groups is 1. The summed E-state index contributed by atoms with van der Waals surface area (Å²) >= 11 is 1.22. The molecule has 0 radical (unpaired) electrons. The fraction of sp³-hybridized carbons (Fsp3) is 0.610. The van der Waals surface area contributed by atoms with Crippen molar-refractivity contribution in [2.45, 2.75) is 182 Å². The molecule has 33 heteroatoms. The number of likely N-dealkylation sites (tertiary alicyclic amines) is 2. The molecule has 0 spiro atoms. The first kappa shape index (κ1) is 71.1. The number of nitrogens with zero attached hydrogens (tertiary/aromatic N) is 6. The molecule has 13 atom stereocenters. The van der Waals surface area contributed by atoms with E-state index in [1.54, 1.807) is 17.5 Å². The zero-order valence-electron chi connectivity index (χ0n) is 51.4. The Kier molecular flexibility index (Phi) is 26.1. The number of rotatable bonds is 31. The second-order valence-electron chi connectivity index (χ2n) is 24.0. The smallest absolute Gasteiger partial charge is 0.326 e. The number of nitrogens with one attached hydrogen (secondary N) is 6. The van der Waals surface area contributed by atoms with Gasteiger partial charge in [-0.15, -0.1) is 11.3 Å². The fourth-order valence-electron chi connectivity index (χ4n) is 12.8. The number of hydrogen-bond acceptors (Lipinski definition) is 19. The van der Waals surface area contributed by atoms with Gasteiger partial charge in [0.05, 0.1) is 37.4 Å². The lowest BCUT2D eigenvalue weighted by molar-refractivity contribution is -0.161. The number of ketones is 1. The minimum atomic E-state index is -1.97. The van der Waals surface area contributed by atoms with Crippen LogP contribution in [0.4, 0.5) is 0 Å². The lowest BCUT2D eigenvalue weighted by Crippen LogP contribution is -2.62. The Labute approximate surface area is 536 Å². The number of carbonyl (C=O) groups excluding carboxylic acids is 9. The Balaban J connectivity index is 1.03. The van der Waals surface area contributed by atoms with Crippen molar-refractivity contribution in [2.24, 2.45) is 61.0 Å². The average Bonchev–Trinajstić information content (AvgIpc) is 1.54. The quantitative estimate of drug-likeness (QED) is 0.0190. The highest BCUT2D eigenvalue weighted by molar-refractivity contribution is 7.09. The molecule has 5 aliphatic rings. The van der Waals surface area contributed by atoms with E-state index >= 15 is 0 Å². The zero-order chi connectivity index (χ0) is 66.8. The van der Waals surface area contributed by atoms with Crippen LogP contribution in [0.5, 0.6) is 0 Å². The number of carboxylic acids is 1. The van der Waals surface area contributed by atoms with Crippen LogP contribution in [0.15, 0.2) is 56.8 Å². The van der Waals surface area contributed by atoms with E-state index in [1.165, 1.54) is 16.2 Å². The van der Waals surface area contributed by atoms with E-state index in [0.717, 1.165) is 41.7 Å². The fourth-order valence-corrected chi connectivity index (χ4v) is 13.5. The van der Waals surface area contributed by atoms with Crippen LogP contribution in [0.2, 0.25) is 0 Å². The van der Waals surface area contributed by atoms with Crippen molar-refractivity contribution < 1.29 is 63.3 Å². The number of nitrogens with two attached hydrogens (primary N) is 7. The highest BCUT2D eigenvalue weighted by atomic mass is 32.1. The summed E-state index contributed by atoms with van der Waals surface area (Å²) in [4.78, 5) is 157. The highest BCUT2D eigenvalue weighted by Gasteiger charge is 2.48. The van der Waals surface area contributed by atoms with Gasteiger partial charge in [0.15, 0.2) is 23.7 Å². The van der Waals surface area contributed by atoms with Gasteiger partial charge in [0.25, 0.3) is 5.91 Å². The van der Waals surface area contributed by atoms with Gasteiger partial charge >= 0.3 is 5.97 Å². The van der Waals surface area contributed by atoms with E-state index in [1.807, 2.05) is 24.3 Å². The number of carbonyl (C=O) groups is 10. The van der Waals surface area contributed by atoms with Gasteiger partial charge in [-0.3, -0.25) is 58.0 Å². The molecule has 504 valence electrons. The lowest BCUT2D eigenvalue weighted by atomic mass is 9.85. The number of Topliss-reactive ketones (excluding diaryl/α,β-unsaturated/α-hetero) is 1. The highest BCUT2D eigenvalue weighted by Crippen LogP contribution is 2.35. The van der Waals surface area contributed by atoms with E-state index in [0.29, 0.717) is 29.2 Å². The Hall–Kier alpha value is -8.37. The third kappa shape index (κ3) is 19.3. The molecular formula is C59H89N19O13S. The largest absolute Gasteiger partial charge is 0.480 e. The first-order valence-electron chi connectivity index (χ1n) is 31.2. The van der Waals surface area contributed by atoms with Crippen LogP contribution in [0.1, 0.15) is 106 Å². The van der Waals surface area contributed by atoms with Gasteiger partial charge in [-0.05, 0) is 106 Å². The lowest BCUT2D eigenvalue weighted by Gasteiger charge is -2.33. The molecule has 0 bridgehead atoms. The molecule has 2 aromatic rings. The topological polar surface area (TPSA) is 533 Å². The van der Waals surface area contributed by atoms with Gasteiger partial charge in [-0.25, -0.2) is 9.79 Å². The van der Waals surface area contributed by atoms with Crippen LogP contribution in [0.25, 0.3) is 0 Å². The number of carboxylic acid groups (broad SMARTS) is 1. The van der Waals surface area contributed by atoms with Crippen molar-refractivity contribution in [2.75, 3.05) is 39.3 Å². The molecule has 1 aromatic carbocycles. The summed E-state index contributed by atoms with van der Waals surface area (Å²) in [6.45, 7) is -1.42. The number of hydrogen-bond donors (Lipinski definition) is 16. The minimum absolute atomic E-state index is 0.0511. The molecule has 3 saturated heterocycles. The second-order valence-corrected chi connectivity index (χ2v) is 25.0. The summed E-state index contributed by atoms with van der Waals surface area (Å²) in [6, 6.07) is -2.44. The van der Waals surface area contributed by atoms with Crippen molar-refractivity contribution in [3.05, 3.63) is 57.8 Å². The summed E-state index contributed by atoms with van der Waals surface area (Å²) in [5.41, 5.74) is 41.5. The van der Waals surface area contributed by atoms with Crippen LogP contribution in [-0.2, 0) is 67.3 Å². The van der Waals surface area contributed by atoms with E-state index in [2.05, 4.69) is 46.9 Å². The number of aliphatic hydroxyl groups excluding tert-OH is 2. The molecule has 1 aromatic heterocycles. The Morgan fingerprint density at radius 3 is 2.10 bits per heavy atom. The molecule has 1 aliphatic carbocycles. The minimum Gasteiger partial charge on any atom is -0.480 e. The molecule has 4 aliphatic heterocycles. The van der Waals surface area contributed by atoms with Gasteiger partial charge in [-0.2, -0.15) is 0 Å². The third-order valence-corrected chi connectivity index (χ3v) is 18.3. The predicted octanol–water partition coefficient (Wildman–Crippen LogP) is -5.32. The normalized spacial score (nSPS) is 22.7. The summed E-state index contributed by atoms with van der Waals surface area (Å²) in [6.07, 6.45) is 2.80. The number of guanidine groups is 3. The van der Waals surface area contributed by atoms with E-state index in [4.69, 9.17) is 40.1 Å². The molecular weight excluding hydrogens is 1210 g/mol. The van der Waals surface area contributed by atoms with Crippen LogP contribution < -0.4 is 72.0 Å². The number of aliphatic hydroxyl groups is 2. The van der Waals surface area contributed by atoms with Crippen molar-refractivity contribution >= 4 is 88.2 Å². The van der Waals surface area contributed by atoms with Crippen LogP contribution in [0, 0.1) is 5.92 Å². The first-order valence-corrected chi connectivity index (χ1v) is 32.1. The summed E-state index contributed by atoms with van der Waals surface area (Å²) in [7, 11) is 0. The molecule has 7 rings (SSSR count). The predicted molar refractivity (Wildman–Crippen MR) is 338 cm³/mol. The van der Waals surface area contributed by atoms with Gasteiger partial charge < -0.3 is 97.2 Å². The number of fused-ring (bicyclic) bond motifs is 2. The van der Waals surface area contributed by atoms with Gasteiger partial charge in [0.1, 0.15) is 42.3 Å². The van der Waals surface area contributed by atoms with Crippen LogP contribution >= 0.6 is 11.3 Å². The molecule has 23 N–H and O–H groups in total. The maximum Gasteiger partial charge on any atom is 0.326 e.